The van der Waals surface area contributed by atoms with Crippen LogP contribution in [0.25, 0.3) is 0 Å². The van der Waals surface area contributed by atoms with Gasteiger partial charge in [-0.1, -0.05) is 23.7 Å². The van der Waals surface area contributed by atoms with Crippen molar-refractivity contribution in [1.29, 1.82) is 0 Å². The van der Waals surface area contributed by atoms with E-state index in [9.17, 15) is 13.2 Å². The van der Waals surface area contributed by atoms with Crippen LogP contribution in [0.1, 0.15) is 5.56 Å². The van der Waals surface area contributed by atoms with Crippen LogP contribution in [-0.4, -0.2) is 44.2 Å². The fourth-order valence-electron chi connectivity index (χ4n) is 2.60. The van der Waals surface area contributed by atoms with Crippen LogP contribution in [0.15, 0.2) is 53.4 Å². The highest BCUT2D eigenvalue weighted by Gasteiger charge is 2.40. The van der Waals surface area contributed by atoms with Crippen molar-refractivity contribution < 1.29 is 17.9 Å². The lowest BCUT2D eigenvalue weighted by Crippen LogP contribution is -2.57. The molecule has 0 bridgehead atoms. The molecule has 0 N–H and O–H groups in total. The number of likely N-dealkylation sites (tertiary alicyclic amines) is 1. The third-order valence-corrected chi connectivity index (χ3v) is 6.49. The Morgan fingerprint density at radius 3 is 2.52 bits per heavy atom. The molecular weight excluding hydrogens is 362 g/mol. The second-order valence-electron chi connectivity index (χ2n) is 6.02. The Bertz CT molecular complexity index is 874. The van der Waals surface area contributed by atoms with Crippen LogP contribution in [0.4, 0.5) is 0 Å². The molecule has 132 valence electrons. The first-order valence-corrected chi connectivity index (χ1v) is 9.75. The minimum atomic E-state index is -3.45. The van der Waals surface area contributed by atoms with Crippen molar-refractivity contribution in [2.45, 2.75) is 17.1 Å². The Hall–Kier alpha value is -2.05. The molecule has 5 nitrogen and oxygen atoms in total. The summed E-state index contributed by atoms with van der Waals surface area (Å²) in [5, 5.41) is -0.103. The normalized spacial score (nSPS) is 14.9. The third kappa shape index (κ3) is 3.96. The van der Waals surface area contributed by atoms with Crippen molar-refractivity contribution in [2.24, 2.45) is 0 Å². The average Bonchev–Trinajstić information content (AvgIpc) is 2.52. The topological polar surface area (TPSA) is 63.7 Å². The molecule has 1 amide bonds. The first kappa shape index (κ1) is 17.8. The maximum atomic E-state index is 12.5. The van der Waals surface area contributed by atoms with Gasteiger partial charge in [0.15, 0.2) is 16.4 Å². The molecule has 7 heteroatoms. The number of carbonyl (C=O) groups excluding carboxylic acids is 1. The van der Waals surface area contributed by atoms with Gasteiger partial charge in [-0.15, -0.1) is 0 Å². The van der Waals surface area contributed by atoms with E-state index in [0.29, 0.717) is 10.8 Å². The fourth-order valence-corrected chi connectivity index (χ4v) is 4.37. The van der Waals surface area contributed by atoms with Crippen molar-refractivity contribution >= 4 is 27.3 Å². The quantitative estimate of drug-likeness (QED) is 0.801. The average molecular weight is 380 g/mol. The summed E-state index contributed by atoms with van der Waals surface area (Å²) in [7, 11) is -3.45. The van der Waals surface area contributed by atoms with Gasteiger partial charge in [-0.2, -0.15) is 0 Å². The number of sulfone groups is 1. The van der Waals surface area contributed by atoms with Gasteiger partial charge in [-0.25, -0.2) is 8.42 Å². The largest absolute Gasteiger partial charge is 0.484 e. The molecule has 0 unspecified atom stereocenters. The van der Waals surface area contributed by atoms with Crippen molar-refractivity contribution in [2.75, 3.05) is 19.7 Å². The smallest absolute Gasteiger partial charge is 0.260 e. The van der Waals surface area contributed by atoms with Crippen LogP contribution in [-0.2, 0) is 14.6 Å². The van der Waals surface area contributed by atoms with Gasteiger partial charge in [0.1, 0.15) is 11.0 Å². The van der Waals surface area contributed by atoms with Gasteiger partial charge in [0, 0.05) is 18.1 Å². The molecule has 1 aliphatic heterocycles. The summed E-state index contributed by atoms with van der Waals surface area (Å²) in [6.07, 6.45) is 0. The molecular formula is C18H18ClNO4S. The van der Waals surface area contributed by atoms with E-state index in [4.69, 9.17) is 16.3 Å². The molecule has 1 aliphatic rings. The highest BCUT2D eigenvalue weighted by Crippen LogP contribution is 2.25. The number of hydrogen-bond donors (Lipinski definition) is 0. The lowest BCUT2D eigenvalue weighted by molar-refractivity contribution is -0.136. The van der Waals surface area contributed by atoms with Crippen LogP contribution in [0.5, 0.6) is 5.75 Å². The molecule has 1 heterocycles. The van der Waals surface area contributed by atoms with Gasteiger partial charge in [-0.3, -0.25) is 4.79 Å². The third-order valence-electron chi connectivity index (χ3n) is 4.13. The summed E-state index contributed by atoms with van der Waals surface area (Å²) in [6, 6.07) is 13.5. The van der Waals surface area contributed by atoms with Crippen molar-refractivity contribution in [3.05, 3.63) is 59.1 Å². The molecule has 2 aromatic carbocycles. The van der Waals surface area contributed by atoms with E-state index in [2.05, 4.69) is 0 Å². The number of ether oxygens (including phenoxy) is 1. The zero-order chi connectivity index (χ0) is 18.0. The number of benzene rings is 2. The zero-order valence-corrected chi connectivity index (χ0v) is 15.3. The number of halogens is 1. The molecule has 1 saturated heterocycles. The van der Waals surface area contributed by atoms with E-state index in [0.717, 1.165) is 5.56 Å². The number of hydrogen-bond acceptors (Lipinski definition) is 4. The maximum absolute atomic E-state index is 12.5. The minimum Gasteiger partial charge on any atom is -0.484 e. The Kier molecular flexibility index (Phi) is 5.01. The van der Waals surface area contributed by atoms with Crippen molar-refractivity contribution in [3.63, 3.8) is 0 Å². The van der Waals surface area contributed by atoms with Crippen LogP contribution in [0.2, 0.25) is 5.02 Å². The summed E-state index contributed by atoms with van der Waals surface area (Å²) in [5.74, 6) is 0.406. The first-order valence-electron chi connectivity index (χ1n) is 7.83. The van der Waals surface area contributed by atoms with Gasteiger partial charge >= 0.3 is 0 Å². The number of amides is 1. The molecule has 0 radical (unpaired) electrons. The minimum absolute atomic E-state index is 0.100. The van der Waals surface area contributed by atoms with E-state index in [1.165, 1.54) is 17.0 Å². The molecule has 0 aromatic heterocycles. The maximum Gasteiger partial charge on any atom is 0.260 e. The molecule has 3 rings (SSSR count). The lowest BCUT2D eigenvalue weighted by Gasteiger charge is -2.38. The molecule has 0 saturated carbocycles. The summed E-state index contributed by atoms with van der Waals surface area (Å²) in [6.45, 7) is 2.20. The van der Waals surface area contributed by atoms with Gasteiger partial charge < -0.3 is 9.64 Å². The number of rotatable bonds is 5. The standard InChI is InChI=1S/C18H18ClNO4S/c1-13-3-2-4-15(9-13)24-12-18(21)20-10-17(11-20)25(22,23)16-7-5-14(19)6-8-16/h2-9,17H,10-12H2,1H3. The molecule has 25 heavy (non-hydrogen) atoms. The van der Waals surface area contributed by atoms with E-state index in [1.807, 2.05) is 25.1 Å². The van der Waals surface area contributed by atoms with Gasteiger partial charge in [0.05, 0.1) is 4.90 Å². The van der Waals surface area contributed by atoms with Gasteiger partial charge in [-0.05, 0) is 48.9 Å². The Labute approximate surface area is 152 Å². The highest BCUT2D eigenvalue weighted by atomic mass is 35.5. The monoisotopic (exact) mass is 379 g/mol. The summed E-state index contributed by atoms with van der Waals surface area (Å²) in [5.41, 5.74) is 1.04. The van der Waals surface area contributed by atoms with Crippen LogP contribution in [0, 0.1) is 6.92 Å². The Morgan fingerprint density at radius 2 is 1.88 bits per heavy atom. The highest BCUT2D eigenvalue weighted by molar-refractivity contribution is 7.92. The number of aryl methyl sites for hydroxylation is 1. The van der Waals surface area contributed by atoms with Crippen molar-refractivity contribution in [1.82, 2.24) is 4.90 Å². The fraction of sp³-hybridized carbons (Fsp3) is 0.278. The molecule has 2 aromatic rings. The van der Waals surface area contributed by atoms with Gasteiger partial charge in [0.2, 0.25) is 0 Å². The van der Waals surface area contributed by atoms with E-state index >= 15 is 0 Å². The van der Waals surface area contributed by atoms with Crippen molar-refractivity contribution in [3.8, 4) is 5.75 Å². The molecule has 0 atom stereocenters. The van der Waals surface area contributed by atoms with Gasteiger partial charge in [0.25, 0.3) is 5.91 Å². The van der Waals surface area contributed by atoms with E-state index in [-0.39, 0.29) is 30.5 Å². The van der Waals surface area contributed by atoms with Crippen LogP contribution < -0.4 is 4.74 Å². The van der Waals surface area contributed by atoms with E-state index in [1.54, 1.807) is 18.2 Å². The van der Waals surface area contributed by atoms with E-state index < -0.39 is 15.1 Å². The summed E-state index contributed by atoms with van der Waals surface area (Å²) < 4.78 is 30.5. The van der Waals surface area contributed by atoms with Crippen LogP contribution in [0.3, 0.4) is 0 Å². The Balaban J connectivity index is 1.54. The van der Waals surface area contributed by atoms with Crippen LogP contribution >= 0.6 is 11.6 Å². The summed E-state index contributed by atoms with van der Waals surface area (Å²) in [4.78, 5) is 13.8. The summed E-state index contributed by atoms with van der Waals surface area (Å²) >= 11 is 5.79. The predicted octanol–water partition coefficient (Wildman–Crippen LogP) is 2.71. The zero-order valence-electron chi connectivity index (χ0n) is 13.7. The second-order valence-corrected chi connectivity index (χ2v) is 8.69. The molecule has 0 aliphatic carbocycles. The lowest BCUT2D eigenvalue weighted by atomic mass is 10.2. The number of nitrogens with zero attached hydrogens (tertiary/aromatic N) is 1. The Morgan fingerprint density at radius 1 is 1.20 bits per heavy atom. The predicted molar refractivity (Wildman–Crippen MR) is 95.7 cm³/mol. The second kappa shape index (κ2) is 7.06. The number of carbonyl (C=O) groups is 1. The molecule has 0 spiro atoms. The first-order chi connectivity index (χ1) is 11.9. The molecule has 1 fully saturated rings. The SMILES string of the molecule is Cc1cccc(OCC(=O)N2CC(S(=O)(=O)c3ccc(Cl)cc3)C2)c1.